The molecule has 0 N–H and O–H groups in total. The summed E-state index contributed by atoms with van der Waals surface area (Å²) >= 11 is 0. The largest absolute Gasteiger partial charge is 0.378 e. The third kappa shape index (κ3) is 2.99. The maximum absolute atomic E-state index is 5.96. The molecule has 5 heteroatoms. The van der Waals surface area contributed by atoms with Crippen LogP contribution in [-0.2, 0) is 27.7 Å². The molecule has 0 aromatic carbocycles. The van der Waals surface area contributed by atoms with E-state index < -0.39 is 0 Å². The second-order valence-electron chi connectivity index (χ2n) is 5.37. The van der Waals surface area contributed by atoms with E-state index in [9.17, 15) is 0 Å². The minimum atomic E-state index is -0.276. The molecule has 2 fully saturated rings. The van der Waals surface area contributed by atoms with E-state index in [0.717, 1.165) is 51.9 Å². The summed E-state index contributed by atoms with van der Waals surface area (Å²) in [5, 5.41) is 4.16. The standard InChI is InChI=1S/C14H22N2O3/c1-16-12(4-8-15-16)5-9-17-13-2-6-14(7-3-13)18-10-11-19-14/h4,8,13H,2-3,5-7,9-11H2,1H3. The number of aromatic nitrogens is 2. The Morgan fingerprint density at radius 1 is 1.37 bits per heavy atom. The normalized spacial score (nSPS) is 23.2. The fourth-order valence-corrected chi connectivity index (χ4v) is 2.96. The van der Waals surface area contributed by atoms with Crippen molar-refractivity contribution in [1.82, 2.24) is 9.78 Å². The molecule has 2 heterocycles. The smallest absolute Gasteiger partial charge is 0.168 e. The molecule has 19 heavy (non-hydrogen) atoms. The lowest BCUT2D eigenvalue weighted by atomic mass is 9.92. The fraction of sp³-hybridized carbons (Fsp3) is 0.786. The Balaban J connectivity index is 1.39. The van der Waals surface area contributed by atoms with Gasteiger partial charge < -0.3 is 14.2 Å². The third-order valence-corrected chi connectivity index (χ3v) is 4.14. The Morgan fingerprint density at radius 2 is 2.11 bits per heavy atom. The van der Waals surface area contributed by atoms with Crippen molar-refractivity contribution in [3.05, 3.63) is 18.0 Å². The summed E-state index contributed by atoms with van der Waals surface area (Å²) in [6.45, 7) is 2.25. The van der Waals surface area contributed by atoms with Crippen LogP contribution in [0.2, 0.25) is 0 Å². The summed E-state index contributed by atoms with van der Waals surface area (Å²) in [5.74, 6) is -0.276. The first-order valence-corrected chi connectivity index (χ1v) is 7.14. The molecule has 0 radical (unpaired) electrons. The highest BCUT2D eigenvalue weighted by molar-refractivity contribution is 4.99. The molecule has 0 unspecified atom stereocenters. The highest BCUT2D eigenvalue weighted by Crippen LogP contribution is 2.36. The lowest BCUT2D eigenvalue weighted by molar-refractivity contribution is -0.191. The van der Waals surface area contributed by atoms with Crippen molar-refractivity contribution in [2.24, 2.45) is 7.05 Å². The highest BCUT2D eigenvalue weighted by atomic mass is 16.7. The second-order valence-corrected chi connectivity index (χ2v) is 5.37. The van der Waals surface area contributed by atoms with Crippen molar-refractivity contribution < 1.29 is 14.2 Å². The molecule has 3 rings (SSSR count). The van der Waals surface area contributed by atoms with Gasteiger partial charge in [-0.3, -0.25) is 4.68 Å². The Morgan fingerprint density at radius 3 is 2.74 bits per heavy atom. The molecular formula is C14H22N2O3. The lowest BCUT2D eigenvalue weighted by Gasteiger charge is -2.35. The summed E-state index contributed by atoms with van der Waals surface area (Å²) in [4.78, 5) is 0. The van der Waals surface area contributed by atoms with Crippen LogP contribution in [0.4, 0.5) is 0 Å². The van der Waals surface area contributed by atoms with E-state index in [2.05, 4.69) is 5.10 Å². The molecule has 0 amide bonds. The summed E-state index contributed by atoms with van der Waals surface area (Å²) in [6, 6.07) is 2.04. The zero-order chi connectivity index (χ0) is 13.1. The van der Waals surface area contributed by atoms with Crippen LogP contribution in [0.25, 0.3) is 0 Å². The minimum Gasteiger partial charge on any atom is -0.378 e. The average molecular weight is 266 g/mol. The molecule has 1 aliphatic carbocycles. The van der Waals surface area contributed by atoms with Crippen LogP contribution in [0.3, 0.4) is 0 Å². The summed E-state index contributed by atoms with van der Waals surface area (Å²) in [6.07, 6.45) is 7.09. The zero-order valence-electron chi connectivity index (χ0n) is 11.5. The van der Waals surface area contributed by atoms with E-state index in [4.69, 9.17) is 14.2 Å². The van der Waals surface area contributed by atoms with Gasteiger partial charge in [-0.2, -0.15) is 5.10 Å². The van der Waals surface area contributed by atoms with Crippen molar-refractivity contribution in [2.75, 3.05) is 19.8 Å². The van der Waals surface area contributed by atoms with Crippen molar-refractivity contribution in [3.8, 4) is 0 Å². The molecule has 106 valence electrons. The summed E-state index contributed by atoms with van der Waals surface area (Å²) in [5.41, 5.74) is 1.22. The Labute approximate surface area is 113 Å². The van der Waals surface area contributed by atoms with E-state index >= 15 is 0 Å². The number of rotatable bonds is 4. The van der Waals surface area contributed by atoms with E-state index in [1.807, 2.05) is 24.0 Å². The van der Waals surface area contributed by atoms with E-state index in [-0.39, 0.29) is 5.79 Å². The maximum atomic E-state index is 5.96. The van der Waals surface area contributed by atoms with Gasteiger partial charge in [0.1, 0.15) is 0 Å². The quantitative estimate of drug-likeness (QED) is 0.831. The first kappa shape index (κ1) is 13.1. The molecule has 5 nitrogen and oxygen atoms in total. The Hall–Kier alpha value is -0.910. The molecule has 1 aromatic rings. The van der Waals surface area contributed by atoms with Gasteiger partial charge in [0.15, 0.2) is 5.79 Å². The van der Waals surface area contributed by atoms with Crippen LogP contribution in [0, 0.1) is 0 Å². The van der Waals surface area contributed by atoms with Gasteiger partial charge in [-0.15, -0.1) is 0 Å². The van der Waals surface area contributed by atoms with Crippen molar-refractivity contribution >= 4 is 0 Å². The monoisotopic (exact) mass is 266 g/mol. The first-order chi connectivity index (χ1) is 9.27. The number of hydrogen-bond acceptors (Lipinski definition) is 4. The van der Waals surface area contributed by atoms with Gasteiger partial charge in [0.25, 0.3) is 0 Å². The molecule has 1 aromatic heterocycles. The Kier molecular flexibility index (Phi) is 3.86. The fourth-order valence-electron chi connectivity index (χ4n) is 2.96. The molecular weight excluding hydrogens is 244 g/mol. The van der Waals surface area contributed by atoms with Gasteiger partial charge in [-0.05, 0) is 18.9 Å². The van der Waals surface area contributed by atoms with Crippen LogP contribution in [0.1, 0.15) is 31.4 Å². The number of hydrogen-bond donors (Lipinski definition) is 0. The number of ether oxygens (including phenoxy) is 3. The van der Waals surface area contributed by atoms with Gasteiger partial charge in [0.05, 0.1) is 25.9 Å². The molecule has 0 bridgehead atoms. The van der Waals surface area contributed by atoms with E-state index in [1.54, 1.807) is 0 Å². The first-order valence-electron chi connectivity index (χ1n) is 7.14. The topological polar surface area (TPSA) is 45.5 Å². The van der Waals surface area contributed by atoms with Gasteiger partial charge >= 0.3 is 0 Å². The predicted octanol–water partition coefficient (Wildman–Crippen LogP) is 1.66. The van der Waals surface area contributed by atoms with Crippen LogP contribution < -0.4 is 0 Å². The van der Waals surface area contributed by atoms with Crippen LogP contribution >= 0.6 is 0 Å². The molecule has 1 spiro atoms. The van der Waals surface area contributed by atoms with Crippen LogP contribution in [0.5, 0.6) is 0 Å². The molecule has 1 saturated carbocycles. The SMILES string of the molecule is Cn1nccc1CCOC1CCC2(CC1)OCCO2. The van der Waals surface area contributed by atoms with Crippen LogP contribution in [-0.4, -0.2) is 41.5 Å². The highest BCUT2D eigenvalue weighted by Gasteiger charge is 2.40. The van der Waals surface area contributed by atoms with Gasteiger partial charge in [0.2, 0.25) is 0 Å². The second kappa shape index (κ2) is 5.61. The lowest BCUT2D eigenvalue weighted by Crippen LogP contribution is -2.37. The molecule has 1 saturated heterocycles. The van der Waals surface area contributed by atoms with Gasteiger partial charge in [-0.1, -0.05) is 0 Å². The predicted molar refractivity (Wildman–Crippen MR) is 69.8 cm³/mol. The molecule has 1 aliphatic heterocycles. The van der Waals surface area contributed by atoms with E-state index in [1.165, 1.54) is 5.69 Å². The van der Waals surface area contributed by atoms with Crippen molar-refractivity contribution in [2.45, 2.75) is 44.0 Å². The molecule has 2 aliphatic rings. The zero-order valence-corrected chi connectivity index (χ0v) is 11.5. The number of aryl methyl sites for hydroxylation is 1. The third-order valence-electron chi connectivity index (χ3n) is 4.14. The Bertz CT molecular complexity index is 403. The van der Waals surface area contributed by atoms with Crippen LogP contribution in [0.15, 0.2) is 12.3 Å². The van der Waals surface area contributed by atoms with Gasteiger partial charge in [0, 0.05) is 38.2 Å². The summed E-state index contributed by atoms with van der Waals surface area (Å²) in [7, 11) is 1.97. The maximum Gasteiger partial charge on any atom is 0.168 e. The summed E-state index contributed by atoms with van der Waals surface area (Å²) < 4.78 is 19.3. The van der Waals surface area contributed by atoms with E-state index in [0.29, 0.717) is 6.10 Å². The van der Waals surface area contributed by atoms with Crippen molar-refractivity contribution in [1.29, 1.82) is 0 Å². The van der Waals surface area contributed by atoms with Gasteiger partial charge in [-0.25, -0.2) is 0 Å². The molecule has 0 atom stereocenters. The van der Waals surface area contributed by atoms with Crippen molar-refractivity contribution in [3.63, 3.8) is 0 Å². The number of nitrogens with zero attached hydrogens (tertiary/aromatic N) is 2. The minimum absolute atomic E-state index is 0.276. The average Bonchev–Trinajstić information content (AvgIpc) is 3.03.